The van der Waals surface area contributed by atoms with Crippen LogP contribution in [0.2, 0.25) is 10.0 Å². The summed E-state index contributed by atoms with van der Waals surface area (Å²) in [4.78, 5) is 0. The number of halogens is 2. The van der Waals surface area contributed by atoms with E-state index in [-0.39, 0.29) is 17.4 Å². The van der Waals surface area contributed by atoms with Gasteiger partial charge < -0.3 is 10.2 Å². The van der Waals surface area contributed by atoms with Crippen LogP contribution in [-0.4, -0.2) is 10.2 Å². The molecule has 0 heterocycles. The first-order valence-electron chi connectivity index (χ1n) is 5.46. The maximum atomic E-state index is 9.88. The Kier molecular flexibility index (Phi) is 3.69. The molecule has 4 heteroatoms. The minimum atomic E-state index is -0.153. The smallest absolute Gasteiger partial charge is 0.120 e. The standard InChI is InChI=1S/C14H12Cl2O2/c1-8(11-4-2-9(15)6-13(11)17)12-5-3-10(16)7-14(12)18/h2-8,17-18H,1H3. The second-order valence-electron chi connectivity index (χ2n) is 4.13. The van der Waals surface area contributed by atoms with Gasteiger partial charge in [-0.15, -0.1) is 0 Å². The van der Waals surface area contributed by atoms with E-state index in [1.165, 1.54) is 12.1 Å². The number of rotatable bonds is 2. The molecular weight excluding hydrogens is 271 g/mol. The van der Waals surface area contributed by atoms with Crippen LogP contribution in [0.15, 0.2) is 36.4 Å². The van der Waals surface area contributed by atoms with Crippen molar-refractivity contribution in [2.75, 3.05) is 0 Å². The third-order valence-corrected chi connectivity index (χ3v) is 3.39. The Balaban J connectivity index is 2.44. The zero-order chi connectivity index (χ0) is 13.3. The molecule has 94 valence electrons. The topological polar surface area (TPSA) is 40.5 Å². The first kappa shape index (κ1) is 13.1. The lowest BCUT2D eigenvalue weighted by Crippen LogP contribution is -1.97. The van der Waals surface area contributed by atoms with Gasteiger partial charge in [-0.2, -0.15) is 0 Å². The molecule has 2 nitrogen and oxygen atoms in total. The Hall–Kier alpha value is -1.38. The molecule has 0 saturated heterocycles. The summed E-state index contributed by atoms with van der Waals surface area (Å²) in [5.74, 6) is 0.0771. The zero-order valence-corrected chi connectivity index (χ0v) is 11.2. The van der Waals surface area contributed by atoms with E-state index >= 15 is 0 Å². The monoisotopic (exact) mass is 282 g/mol. The van der Waals surface area contributed by atoms with Crippen LogP contribution in [0, 0.1) is 0 Å². The lowest BCUT2D eigenvalue weighted by molar-refractivity contribution is 0.457. The van der Waals surface area contributed by atoms with Crippen LogP contribution >= 0.6 is 23.2 Å². The maximum absolute atomic E-state index is 9.88. The van der Waals surface area contributed by atoms with Crippen molar-refractivity contribution in [1.29, 1.82) is 0 Å². The molecule has 0 radical (unpaired) electrons. The maximum Gasteiger partial charge on any atom is 0.120 e. The highest BCUT2D eigenvalue weighted by molar-refractivity contribution is 6.31. The molecule has 18 heavy (non-hydrogen) atoms. The average Bonchev–Trinajstić information content (AvgIpc) is 2.28. The minimum absolute atomic E-state index is 0.115. The second-order valence-corrected chi connectivity index (χ2v) is 5.00. The zero-order valence-electron chi connectivity index (χ0n) is 9.69. The SMILES string of the molecule is CC(c1ccc(Cl)cc1O)c1ccc(Cl)cc1O. The van der Waals surface area contributed by atoms with Crippen molar-refractivity contribution in [2.45, 2.75) is 12.8 Å². The number of phenolic OH excluding ortho intramolecular Hbond substituents is 2. The van der Waals surface area contributed by atoms with Gasteiger partial charge in [-0.3, -0.25) is 0 Å². The molecule has 0 atom stereocenters. The number of aromatic hydroxyl groups is 2. The summed E-state index contributed by atoms with van der Waals surface area (Å²) >= 11 is 11.6. The molecule has 0 saturated carbocycles. The van der Waals surface area contributed by atoms with Crippen LogP contribution in [0.4, 0.5) is 0 Å². The van der Waals surface area contributed by atoms with Crippen LogP contribution in [-0.2, 0) is 0 Å². The van der Waals surface area contributed by atoms with Crippen LogP contribution in [0.5, 0.6) is 11.5 Å². The van der Waals surface area contributed by atoms with Crippen molar-refractivity contribution in [1.82, 2.24) is 0 Å². The van der Waals surface area contributed by atoms with Crippen molar-refractivity contribution < 1.29 is 10.2 Å². The van der Waals surface area contributed by atoms with Crippen LogP contribution in [0.25, 0.3) is 0 Å². The molecule has 2 aromatic rings. The predicted octanol–water partition coefficient (Wildman–Crippen LogP) is 4.56. The van der Waals surface area contributed by atoms with Crippen molar-refractivity contribution in [2.24, 2.45) is 0 Å². The second kappa shape index (κ2) is 5.09. The van der Waals surface area contributed by atoms with E-state index in [1.807, 2.05) is 6.92 Å². The van der Waals surface area contributed by atoms with Crippen LogP contribution < -0.4 is 0 Å². The molecule has 2 rings (SSSR count). The van der Waals surface area contributed by atoms with Crippen molar-refractivity contribution in [3.63, 3.8) is 0 Å². The predicted molar refractivity (Wildman–Crippen MR) is 73.8 cm³/mol. The summed E-state index contributed by atoms with van der Waals surface area (Å²) in [6, 6.07) is 9.88. The molecular formula is C14H12Cl2O2. The summed E-state index contributed by atoms with van der Waals surface area (Å²) in [6.45, 7) is 1.89. The lowest BCUT2D eigenvalue weighted by atomic mass is 9.92. The largest absolute Gasteiger partial charge is 0.508 e. The molecule has 0 bridgehead atoms. The highest BCUT2D eigenvalue weighted by Gasteiger charge is 2.16. The number of hydrogen-bond acceptors (Lipinski definition) is 2. The van der Waals surface area contributed by atoms with E-state index in [4.69, 9.17) is 23.2 Å². The average molecular weight is 283 g/mol. The molecule has 0 aromatic heterocycles. The normalized spacial score (nSPS) is 10.9. The molecule has 0 fully saturated rings. The van der Waals surface area contributed by atoms with Gasteiger partial charge in [-0.1, -0.05) is 42.3 Å². The Bertz CT molecular complexity index is 531. The fourth-order valence-corrected chi connectivity index (χ4v) is 2.27. The van der Waals surface area contributed by atoms with Crippen molar-refractivity contribution >= 4 is 23.2 Å². The minimum Gasteiger partial charge on any atom is -0.508 e. The fourth-order valence-electron chi connectivity index (χ4n) is 1.93. The van der Waals surface area contributed by atoms with Gasteiger partial charge in [0.25, 0.3) is 0 Å². The fraction of sp³-hybridized carbons (Fsp3) is 0.143. The highest BCUT2D eigenvalue weighted by Crippen LogP contribution is 2.37. The highest BCUT2D eigenvalue weighted by atomic mass is 35.5. The Morgan fingerprint density at radius 1 is 0.833 bits per heavy atom. The van der Waals surface area contributed by atoms with Gasteiger partial charge in [0.2, 0.25) is 0 Å². The van der Waals surface area contributed by atoms with Crippen molar-refractivity contribution in [3.05, 3.63) is 57.6 Å². The molecule has 2 aromatic carbocycles. The first-order chi connectivity index (χ1) is 8.49. The van der Waals surface area contributed by atoms with Gasteiger partial charge in [0.15, 0.2) is 0 Å². The summed E-state index contributed by atoms with van der Waals surface area (Å²) in [7, 11) is 0. The van der Waals surface area contributed by atoms with Gasteiger partial charge in [0.1, 0.15) is 11.5 Å². The van der Waals surface area contributed by atoms with E-state index < -0.39 is 0 Å². The van der Waals surface area contributed by atoms with Crippen molar-refractivity contribution in [3.8, 4) is 11.5 Å². The summed E-state index contributed by atoms with van der Waals surface area (Å²) < 4.78 is 0. The van der Waals surface area contributed by atoms with Gasteiger partial charge in [-0.05, 0) is 24.3 Å². The summed E-state index contributed by atoms with van der Waals surface area (Å²) in [5.41, 5.74) is 1.41. The number of benzene rings is 2. The van der Waals surface area contributed by atoms with E-state index in [0.717, 1.165) is 0 Å². The molecule has 2 N–H and O–H groups in total. The Labute approximate surface area is 115 Å². The van der Waals surface area contributed by atoms with Crippen LogP contribution in [0.3, 0.4) is 0 Å². The summed E-state index contributed by atoms with van der Waals surface area (Å²) in [6.07, 6.45) is 0. The Morgan fingerprint density at radius 2 is 1.22 bits per heavy atom. The lowest BCUT2D eigenvalue weighted by Gasteiger charge is -2.15. The van der Waals surface area contributed by atoms with E-state index in [0.29, 0.717) is 21.2 Å². The van der Waals surface area contributed by atoms with E-state index in [9.17, 15) is 10.2 Å². The quantitative estimate of drug-likeness (QED) is 0.848. The molecule has 0 unspecified atom stereocenters. The van der Waals surface area contributed by atoms with Gasteiger partial charge in [-0.25, -0.2) is 0 Å². The Morgan fingerprint density at radius 3 is 1.56 bits per heavy atom. The molecule has 0 spiro atoms. The molecule has 0 amide bonds. The molecule has 0 aliphatic rings. The third-order valence-electron chi connectivity index (χ3n) is 2.92. The van der Waals surface area contributed by atoms with E-state index in [1.54, 1.807) is 24.3 Å². The van der Waals surface area contributed by atoms with Crippen LogP contribution in [0.1, 0.15) is 24.0 Å². The number of phenols is 2. The van der Waals surface area contributed by atoms with Gasteiger partial charge in [0.05, 0.1) is 0 Å². The first-order valence-corrected chi connectivity index (χ1v) is 6.21. The third kappa shape index (κ3) is 2.55. The number of hydrogen-bond donors (Lipinski definition) is 2. The summed E-state index contributed by atoms with van der Waals surface area (Å²) in [5, 5.41) is 20.7. The molecule has 0 aliphatic carbocycles. The molecule has 0 aliphatic heterocycles. The van der Waals surface area contributed by atoms with Gasteiger partial charge in [0, 0.05) is 27.1 Å². The van der Waals surface area contributed by atoms with E-state index in [2.05, 4.69) is 0 Å². The van der Waals surface area contributed by atoms with Gasteiger partial charge >= 0.3 is 0 Å².